The third kappa shape index (κ3) is 3.39. The summed E-state index contributed by atoms with van der Waals surface area (Å²) in [5.74, 6) is 5.31. The number of anilines is 1. The second kappa shape index (κ2) is 8.74. The van der Waals surface area contributed by atoms with E-state index in [4.69, 9.17) is 5.73 Å². The minimum atomic E-state index is 0.443. The standard InChI is InChI=1S/C35H52N2/c1-35(2)28-12-6-5-11-26(28)33-31-22(9-7-13-29(31)35)20-30-32(33)27-19-14-21-8-3-4-10-25(21)34(27)37(30)24-17-15-23(36)16-18-24/h20-21,23-29,34H,3-19,36H2,1-2H3/t21?,23?,24?,25?,26?,27-,28?,29?,34?/m0/s1. The van der Waals surface area contributed by atoms with Gasteiger partial charge in [-0.2, -0.15) is 0 Å². The fourth-order valence-electron chi connectivity index (χ4n) is 12.0. The smallest absolute Gasteiger partial charge is 0.0413 e. The molecule has 202 valence electrons. The van der Waals surface area contributed by atoms with Gasteiger partial charge >= 0.3 is 0 Å². The van der Waals surface area contributed by atoms with E-state index in [1.807, 2.05) is 16.7 Å². The Morgan fingerprint density at radius 2 is 1.51 bits per heavy atom. The molecule has 7 atom stereocenters. The molecule has 6 unspecified atom stereocenters. The largest absolute Gasteiger partial charge is 0.364 e. The molecule has 2 N–H and O–H groups in total. The van der Waals surface area contributed by atoms with Crippen LogP contribution in [0, 0.1) is 23.2 Å². The van der Waals surface area contributed by atoms with E-state index in [-0.39, 0.29) is 0 Å². The number of fused-ring (bicyclic) bond motifs is 8. The average Bonchev–Trinajstić information content (AvgIpc) is 3.26. The number of nitrogens with two attached hydrogens (primary N) is 1. The third-order valence-corrected chi connectivity index (χ3v) is 13.6. The van der Waals surface area contributed by atoms with E-state index in [2.05, 4.69) is 24.8 Å². The Morgan fingerprint density at radius 1 is 0.730 bits per heavy atom. The average molecular weight is 501 g/mol. The van der Waals surface area contributed by atoms with Gasteiger partial charge in [0.15, 0.2) is 0 Å². The Kier molecular flexibility index (Phi) is 5.63. The van der Waals surface area contributed by atoms with Crippen LogP contribution in [0.5, 0.6) is 0 Å². The summed E-state index contributed by atoms with van der Waals surface area (Å²) in [5, 5.41) is 0. The van der Waals surface area contributed by atoms with Crippen LogP contribution in [0.3, 0.4) is 0 Å². The Hall–Kier alpha value is -1.02. The lowest BCUT2D eigenvalue weighted by atomic mass is 9.49. The van der Waals surface area contributed by atoms with Gasteiger partial charge in [0.25, 0.3) is 0 Å². The number of rotatable bonds is 1. The topological polar surface area (TPSA) is 29.3 Å². The van der Waals surface area contributed by atoms with Crippen LogP contribution in [0.2, 0.25) is 0 Å². The highest BCUT2D eigenvalue weighted by molar-refractivity contribution is 5.71. The first-order valence-corrected chi connectivity index (χ1v) is 16.8. The summed E-state index contributed by atoms with van der Waals surface area (Å²) < 4.78 is 0. The highest BCUT2D eigenvalue weighted by atomic mass is 15.2. The van der Waals surface area contributed by atoms with Crippen LogP contribution >= 0.6 is 0 Å². The predicted octanol–water partition coefficient (Wildman–Crippen LogP) is 8.56. The Morgan fingerprint density at radius 3 is 2.38 bits per heavy atom. The first-order valence-electron chi connectivity index (χ1n) is 16.8. The number of aryl methyl sites for hydroxylation is 1. The van der Waals surface area contributed by atoms with Crippen LogP contribution in [-0.4, -0.2) is 18.1 Å². The molecule has 1 aromatic carbocycles. The van der Waals surface area contributed by atoms with Gasteiger partial charge in [0, 0.05) is 29.7 Å². The molecule has 7 aliphatic rings. The van der Waals surface area contributed by atoms with Gasteiger partial charge in [-0.05, 0) is 140 Å². The molecule has 2 heteroatoms. The molecule has 4 fully saturated rings. The lowest BCUT2D eigenvalue weighted by Gasteiger charge is -2.55. The van der Waals surface area contributed by atoms with Crippen molar-refractivity contribution in [3.63, 3.8) is 0 Å². The van der Waals surface area contributed by atoms with Gasteiger partial charge in [-0.1, -0.05) is 46.0 Å². The zero-order valence-electron chi connectivity index (χ0n) is 23.8. The zero-order chi connectivity index (χ0) is 24.9. The molecular formula is C35H52N2. The highest BCUT2D eigenvalue weighted by Gasteiger charge is 2.56. The van der Waals surface area contributed by atoms with E-state index < -0.39 is 0 Å². The molecular weight excluding hydrogens is 448 g/mol. The van der Waals surface area contributed by atoms with Gasteiger partial charge < -0.3 is 10.6 Å². The Labute approximate surface area is 226 Å². The van der Waals surface area contributed by atoms with Crippen molar-refractivity contribution in [3.8, 4) is 0 Å². The third-order valence-electron chi connectivity index (χ3n) is 13.6. The van der Waals surface area contributed by atoms with Gasteiger partial charge in [-0.25, -0.2) is 0 Å². The molecule has 2 nitrogen and oxygen atoms in total. The Balaban J connectivity index is 1.33. The van der Waals surface area contributed by atoms with Crippen molar-refractivity contribution in [1.82, 2.24) is 0 Å². The van der Waals surface area contributed by atoms with Crippen molar-refractivity contribution in [2.45, 2.75) is 159 Å². The molecule has 1 aromatic rings. The van der Waals surface area contributed by atoms with Gasteiger partial charge in [-0.3, -0.25) is 0 Å². The molecule has 6 aliphatic carbocycles. The molecule has 4 saturated carbocycles. The molecule has 0 aromatic heterocycles. The monoisotopic (exact) mass is 500 g/mol. The quantitative estimate of drug-likeness (QED) is 0.418. The van der Waals surface area contributed by atoms with E-state index in [1.165, 1.54) is 109 Å². The zero-order valence-corrected chi connectivity index (χ0v) is 23.8. The number of hydrogen-bond acceptors (Lipinski definition) is 2. The van der Waals surface area contributed by atoms with Crippen molar-refractivity contribution >= 4 is 5.69 Å². The van der Waals surface area contributed by atoms with Gasteiger partial charge in [0.05, 0.1) is 0 Å². The van der Waals surface area contributed by atoms with Crippen LogP contribution in [0.15, 0.2) is 6.07 Å². The van der Waals surface area contributed by atoms with Crippen LogP contribution in [-0.2, 0) is 6.42 Å². The predicted molar refractivity (Wildman–Crippen MR) is 155 cm³/mol. The van der Waals surface area contributed by atoms with E-state index in [0.29, 0.717) is 11.5 Å². The molecule has 1 heterocycles. The minimum absolute atomic E-state index is 0.443. The molecule has 0 amide bonds. The van der Waals surface area contributed by atoms with E-state index in [0.717, 1.165) is 47.6 Å². The fraction of sp³-hybridized carbons (Fsp3) is 0.829. The highest BCUT2D eigenvalue weighted by Crippen LogP contribution is 2.66. The van der Waals surface area contributed by atoms with Crippen molar-refractivity contribution in [3.05, 3.63) is 28.3 Å². The van der Waals surface area contributed by atoms with Gasteiger partial charge in [0.1, 0.15) is 0 Å². The summed E-state index contributed by atoms with van der Waals surface area (Å²) in [4.78, 5) is 3.14. The number of hydrogen-bond donors (Lipinski definition) is 1. The van der Waals surface area contributed by atoms with E-state index in [9.17, 15) is 0 Å². The van der Waals surface area contributed by atoms with Crippen LogP contribution in [0.4, 0.5) is 5.69 Å². The first kappa shape index (κ1) is 23.8. The summed E-state index contributed by atoms with van der Waals surface area (Å²) in [5.41, 5.74) is 16.3. The van der Waals surface area contributed by atoms with E-state index >= 15 is 0 Å². The molecule has 0 radical (unpaired) electrons. The summed E-state index contributed by atoms with van der Waals surface area (Å²) in [6.45, 7) is 5.36. The molecule has 1 aliphatic heterocycles. The summed E-state index contributed by atoms with van der Waals surface area (Å²) >= 11 is 0. The van der Waals surface area contributed by atoms with Crippen molar-refractivity contribution < 1.29 is 0 Å². The Bertz CT molecular complexity index is 1050. The maximum absolute atomic E-state index is 6.47. The summed E-state index contributed by atoms with van der Waals surface area (Å²) in [7, 11) is 0. The number of benzene rings is 1. The second-order valence-electron chi connectivity index (χ2n) is 15.4. The van der Waals surface area contributed by atoms with Crippen molar-refractivity contribution in [2.75, 3.05) is 4.90 Å². The van der Waals surface area contributed by atoms with Crippen LogP contribution in [0.1, 0.15) is 157 Å². The first-order chi connectivity index (χ1) is 18.0. The minimum Gasteiger partial charge on any atom is -0.364 e. The van der Waals surface area contributed by atoms with Gasteiger partial charge in [0.2, 0.25) is 0 Å². The molecule has 0 saturated heterocycles. The summed E-state index contributed by atoms with van der Waals surface area (Å²) in [6, 6.07) is 4.80. The van der Waals surface area contributed by atoms with E-state index in [1.54, 1.807) is 11.3 Å². The molecule has 0 bridgehead atoms. The number of nitrogens with zero attached hydrogens (tertiary/aromatic N) is 1. The maximum Gasteiger partial charge on any atom is 0.0413 e. The lowest BCUT2D eigenvalue weighted by molar-refractivity contribution is 0.0732. The molecule has 37 heavy (non-hydrogen) atoms. The molecule has 0 spiro atoms. The van der Waals surface area contributed by atoms with Gasteiger partial charge in [-0.15, -0.1) is 0 Å². The van der Waals surface area contributed by atoms with Crippen LogP contribution < -0.4 is 10.6 Å². The normalized spacial score (nSPS) is 43.8. The molecule has 8 rings (SSSR count). The lowest BCUT2D eigenvalue weighted by Crippen LogP contribution is -2.52. The SMILES string of the molecule is CC1(C)C2CCCc3cc4c(c(c32)C2CCCCC21)[C@@H]1CCC2CCCCC2C1N4C1CCC(N)CC1. The maximum atomic E-state index is 6.47. The second-order valence-corrected chi connectivity index (χ2v) is 15.4. The van der Waals surface area contributed by atoms with Crippen LogP contribution in [0.25, 0.3) is 0 Å². The van der Waals surface area contributed by atoms with Crippen molar-refractivity contribution in [1.29, 1.82) is 0 Å². The summed E-state index contributed by atoms with van der Waals surface area (Å²) in [6.07, 6.45) is 24.2. The fourth-order valence-corrected chi connectivity index (χ4v) is 12.0. The van der Waals surface area contributed by atoms with Crippen molar-refractivity contribution in [2.24, 2.45) is 28.9 Å².